The van der Waals surface area contributed by atoms with E-state index in [0.29, 0.717) is 0 Å². The Kier molecular flexibility index (Phi) is 1.84. The summed E-state index contributed by atoms with van der Waals surface area (Å²) in [5, 5.41) is 8.29. The van der Waals surface area contributed by atoms with Gasteiger partial charge in [0.15, 0.2) is 0 Å². The first kappa shape index (κ1) is 7.38. The average Bonchev–Trinajstić information content (AvgIpc) is 2.58. The number of hydrogen-bond acceptors (Lipinski definition) is 3. The molecule has 2 rings (SSSR count). The first-order valence-electron chi connectivity index (χ1n) is 3.94. The fourth-order valence-electron chi connectivity index (χ4n) is 1.51. The maximum atomic E-state index is 8.29. The second-order valence-corrected chi connectivity index (χ2v) is 2.87. The quantitative estimate of drug-likeness (QED) is 0.544. The maximum Gasteiger partial charge on any atom is 0.130 e. The van der Waals surface area contributed by atoms with Crippen molar-refractivity contribution in [1.82, 2.24) is 0 Å². The number of fused-ring (bicyclic) bond motifs is 1. The normalized spacial score (nSPS) is 38.1. The van der Waals surface area contributed by atoms with Gasteiger partial charge in [0.05, 0.1) is 18.4 Å². The molecule has 0 radical (unpaired) electrons. The Morgan fingerprint density at radius 2 is 2.50 bits per heavy atom. The lowest BCUT2D eigenvalue weighted by Crippen LogP contribution is -2.14. The summed E-state index contributed by atoms with van der Waals surface area (Å²) < 4.78 is 10.8. The van der Waals surface area contributed by atoms with Gasteiger partial charge in [0, 0.05) is 12.5 Å². The molecule has 3 heteroatoms. The third kappa shape index (κ3) is 1.21. The molecule has 0 aliphatic carbocycles. The molecule has 0 aromatic heterocycles. The first-order chi connectivity index (χ1) is 5.90. The molecule has 0 bridgehead atoms. The molecule has 0 unspecified atom stereocenters. The second-order valence-electron chi connectivity index (χ2n) is 2.87. The Bertz CT molecular complexity index is 264. The Balaban J connectivity index is 1.95. The van der Waals surface area contributed by atoms with Crippen molar-refractivity contribution in [2.75, 3.05) is 0 Å². The zero-order chi connectivity index (χ0) is 8.39. The molecule has 0 aromatic rings. The van der Waals surface area contributed by atoms with Gasteiger partial charge in [-0.05, 0) is 12.2 Å². The summed E-state index contributed by atoms with van der Waals surface area (Å²) in [6, 6.07) is 1.94. The molecule has 12 heavy (non-hydrogen) atoms. The highest BCUT2D eigenvalue weighted by Crippen LogP contribution is 2.28. The highest BCUT2D eigenvalue weighted by molar-refractivity contribution is 5.10. The summed E-state index contributed by atoms with van der Waals surface area (Å²) in [6.07, 6.45) is 7.96. The molecule has 2 aliphatic rings. The van der Waals surface area contributed by atoms with Crippen molar-refractivity contribution in [1.29, 1.82) is 5.26 Å². The Morgan fingerprint density at radius 3 is 3.25 bits per heavy atom. The van der Waals surface area contributed by atoms with Crippen molar-refractivity contribution in [3.63, 3.8) is 0 Å². The summed E-state index contributed by atoms with van der Waals surface area (Å²) in [6.45, 7) is 0. The van der Waals surface area contributed by atoms with Crippen molar-refractivity contribution >= 4 is 0 Å². The van der Waals surface area contributed by atoms with Crippen LogP contribution in [0.3, 0.4) is 0 Å². The number of ether oxygens (including phenoxy) is 2. The van der Waals surface area contributed by atoms with E-state index in [9.17, 15) is 0 Å². The number of hydrogen-bond donors (Lipinski definition) is 0. The van der Waals surface area contributed by atoms with Crippen molar-refractivity contribution in [3.05, 3.63) is 24.5 Å². The lowest BCUT2D eigenvalue weighted by molar-refractivity contribution is 0.0700. The molecule has 0 aromatic carbocycles. The molecule has 3 nitrogen and oxygen atoms in total. The predicted molar refractivity (Wildman–Crippen MR) is 42.0 cm³/mol. The van der Waals surface area contributed by atoms with Crippen LogP contribution in [-0.2, 0) is 9.47 Å². The lowest BCUT2D eigenvalue weighted by Gasteiger charge is -2.04. The SMILES string of the molecule is N#C/C=C/[C@@H]1C[C@@H]2OC=C[C@@H]2O1. The largest absolute Gasteiger partial charge is 0.495 e. The van der Waals surface area contributed by atoms with Crippen LogP contribution in [0.4, 0.5) is 0 Å². The maximum absolute atomic E-state index is 8.29. The van der Waals surface area contributed by atoms with Crippen LogP contribution in [0.15, 0.2) is 24.5 Å². The van der Waals surface area contributed by atoms with Crippen LogP contribution < -0.4 is 0 Å². The van der Waals surface area contributed by atoms with Gasteiger partial charge in [-0.25, -0.2) is 0 Å². The smallest absolute Gasteiger partial charge is 0.130 e. The van der Waals surface area contributed by atoms with Gasteiger partial charge >= 0.3 is 0 Å². The topological polar surface area (TPSA) is 42.2 Å². The van der Waals surface area contributed by atoms with Crippen molar-refractivity contribution in [2.45, 2.75) is 24.7 Å². The van der Waals surface area contributed by atoms with Crippen LogP contribution in [0.1, 0.15) is 6.42 Å². The Labute approximate surface area is 70.9 Å². The van der Waals surface area contributed by atoms with E-state index < -0.39 is 0 Å². The highest BCUT2D eigenvalue weighted by atomic mass is 16.6. The number of allylic oxidation sites excluding steroid dienone is 1. The van der Waals surface area contributed by atoms with Gasteiger partial charge < -0.3 is 9.47 Å². The summed E-state index contributed by atoms with van der Waals surface area (Å²) >= 11 is 0. The van der Waals surface area contributed by atoms with Gasteiger partial charge in [-0.15, -0.1) is 0 Å². The molecule has 0 saturated carbocycles. The van der Waals surface area contributed by atoms with Gasteiger partial charge in [0.25, 0.3) is 0 Å². The summed E-state index contributed by atoms with van der Waals surface area (Å²) in [5.74, 6) is 0. The molecule has 1 fully saturated rings. The van der Waals surface area contributed by atoms with E-state index >= 15 is 0 Å². The lowest BCUT2D eigenvalue weighted by atomic mass is 10.1. The van der Waals surface area contributed by atoms with E-state index in [0.717, 1.165) is 6.42 Å². The average molecular weight is 163 g/mol. The number of rotatable bonds is 1. The van der Waals surface area contributed by atoms with Crippen LogP contribution in [0.2, 0.25) is 0 Å². The van der Waals surface area contributed by atoms with E-state index in [2.05, 4.69) is 0 Å². The van der Waals surface area contributed by atoms with E-state index in [1.807, 2.05) is 12.1 Å². The minimum atomic E-state index is 0.0459. The van der Waals surface area contributed by atoms with Gasteiger partial charge in [-0.1, -0.05) is 0 Å². The number of nitrogens with zero attached hydrogens (tertiary/aromatic N) is 1. The fourth-order valence-corrected chi connectivity index (χ4v) is 1.51. The zero-order valence-corrected chi connectivity index (χ0v) is 6.51. The standard InChI is InChI=1S/C9H9NO2/c10-4-1-2-7-6-9-8(12-7)3-5-11-9/h1-3,5,7-9H,6H2/b2-1+/t7-,8+,9+/m1/s1. The molecule has 1 saturated heterocycles. The Morgan fingerprint density at radius 1 is 1.58 bits per heavy atom. The van der Waals surface area contributed by atoms with Crippen LogP contribution in [-0.4, -0.2) is 18.3 Å². The van der Waals surface area contributed by atoms with Gasteiger partial charge in [-0.3, -0.25) is 0 Å². The van der Waals surface area contributed by atoms with Gasteiger partial charge in [0.2, 0.25) is 0 Å². The molecule has 0 amide bonds. The molecule has 2 aliphatic heterocycles. The molecule has 0 spiro atoms. The molecule has 3 atom stereocenters. The molecular weight excluding hydrogens is 154 g/mol. The summed E-state index contributed by atoms with van der Waals surface area (Å²) in [7, 11) is 0. The van der Waals surface area contributed by atoms with E-state index in [1.165, 1.54) is 6.08 Å². The van der Waals surface area contributed by atoms with Crippen LogP contribution in [0.25, 0.3) is 0 Å². The van der Waals surface area contributed by atoms with Crippen LogP contribution in [0.5, 0.6) is 0 Å². The zero-order valence-electron chi connectivity index (χ0n) is 6.51. The summed E-state index contributed by atoms with van der Waals surface area (Å²) in [4.78, 5) is 0. The van der Waals surface area contributed by atoms with Crippen molar-refractivity contribution in [2.24, 2.45) is 0 Å². The third-order valence-electron chi connectivity index (χ3n) is 2.07. The van der Waals surface area contributed by atoms with E-state index in [4.69, 9.17) is 14.7 Å². The van der Waals surface area contributed by atoms with E-state index in [1.54, 1.807) is 12.3 Å². The third-order valence-corrected chi connectivity index (χ3v) is 2.07. The predicted octanol–water partition coefficient (Wildman–Crippen LogP) is 1.14. The minimum absolute atomic E-state index is 0.0459. The van der Waals surface area contributed by atoms with Crippen LogP contribution in [0, 0.1) is 11.3 Å². The second kappa shape index (κ2) is 3.00. The first-order valence-corrected chi connectivity index (χ1v) is 3.94. The molecule has 0 N–H and O–H groups in total. The number of nitriles is 1. The summed E-state index contributed by atoms with van der Waals surface area (Å²) in [5.41, 5.74) is 0. The van der Waals surface area contributed by atoms with Crippen molar-refractivity contribution < 1.29 is 9.47 Å². The molecular formula is C9H9NO2. The molecule has 62 valence electrons. The van der Waals surface area contributed by atoms with Crippen molar-refractivity contribution in [3.8, 4) is 6.07 Å². The highest BCUT2D eigenvalue weighted by Gasteiger charge is 2.36. The van der Waals surface area contributed by atoms with Gasteiger partial charge in [0.1, 0.15) is 12.2 Å². The molecule has 2 heterocycles. The fraction of sp³-hybridized carbons (Fsp3) is 0.444. The Hall–Kier alpha value is -1.27. The van der Waals surface area contributed by atoms with E-state index in [-0.39, 0.29) is 18.3 Å². The monoisotopic (exact) mass is 163 g/mol. The minimum Gasteiger partial charge on any atom is -0.495 e. The van der Waals surface area contributed by atoms with Gasteiger partial charge in [-0.2, -0.15) is 5.26 Å². The van der Waals surface area contributed by atoms with Crippen LogP contribution >= 0.6 is 0 Å².